The number of ether oxygens (including phenoxy) is 2. The molecule has 0 aromatic rings. The van der Waals surface area contributed by atoms with Gasteiger partial charge in [0.2, 0.25) is 0 Å². The van der Waals surface area contributed by atoms with Crippen LogP contribution >= 0.6 is 7.82 Å². The summed E-state index contributed by atoms with van der Waals surface area (Å²) in [4.78, 5) is 12.1. The van der Waals surface area contributed by atoms with Crippen LogP contribution in [0.15, 0.2) is 12.7 Å². The zero-order valence-corrected chi connectivity index (χ0v) is 23.5. The number of allylic oxidation sites excluding steroid dienone is 1. The minimum atomic E-state index is -4.36. The number of likely N-dealkylation sites (N-methyl/N-ethyl adjacent to an activating group) is 1. The maximum atomic E-state index is 12.1. The van der Waals surface area contributed by atoms with Gasteiger partial charge in [-0.1, -0.05) is 70.8 Å². The van der Waals surface area contributed by atoms with Gasteiger partial charge < -0.3 is 27.9 Å². The maximum Gasteiger partial charge on any atom is 0.268 e. The van der Waals surface area contributed by atoms with Gasteiger partial charge in [-0.25, -0.2) is 0 Å². The quantitative estimate of drug-likeness (QED) is 0.0630. The van der Waals surface area contributed by atoms with Crippen LogP contribution in [-0.4, -0.2) is 71.3 Å². The summed E-state index contributed by atoms with van der Waals surface area (Å²) in [5.74, 6) is 0. The largest absolute Gasteiger partial charge is 0.756 e. The van der Waals surface area contributed by atoms with E-state index in [0.29, 0.717) is 30.8 Å². The van der Waals surface area contributed by atoms with Gasteiger partial charge in [0.15, 0.2) is 0 Å². The minimum absolute atomic E-state index is 0.0899. The van der Waals surface area contributed by atoms with E-state index >= 15 is 0 Å². The van der Waals surface area contributed by atoms with E-state index in [2.05, 4.69) is 13.5 Å². The number of quaternary nitrogens is 1. The molecule has 0 aliphatic rings. The third kappa shape index (κ3) is 24.8. The SMILES string of the molecule is C=CCCCCO[C@H](COCCCCCCCCCCCC)COP(=O)([O-])OCC[N+](C)(C)C. The Hall–Kier alpha value is -0.270. The molecule has 0 aliphatic carbocycles. The molecule has 0 spiro atoms. The Morgan fingerprint density at radius 3 is 2.00 bits per heavy atom. The van der Waals surface area contributed by atoms with Crippen LogP contribution in [0.3, 0.4) is 0 Å². The molecular formula is C26H54NO6P. The molecule has 2 atom stereocenters. The second-order valence-corrected chi connectivity index (χ2v) is 11.5. The second kappa shape index (κ2) is 22.0. The Morgan fingerprint density at radius 1 is 0.824 bits per heavy atom. The van der Waals surface area contributed by atoms with Crippen molar-refractivity contribution in [2.45, 2.75) is 96.5 Å². The molecule has 34 heavy (non-hydrogen) atoms. The average Bonchev–Trinajstić information content (AvgIpc) is 2.76. The van der Waals surface area contributed by atoms with Crippen LogP contribution in [0.1, 0.15) is 90.4 Å². The van der Waals surface area contributed by atoms with Crippen LogP contribution in [0.25, 0.3) is 0 Å². The van der Waals surface area contributed by atoms with E-state index in [9.17, 15) is 9.46 Å². The van der Waals surface area contributed by atoms with Crippen LogP contribution in [0.2, 0.25) is 0 Å². The number of unbranched alkanes of at least 4 members (excludes halogenated alkanes) is 11. The first-order chi connectivity index (χ1) is 16.2. The average molecular weight is 508 g/mol. The Kier molecular flexibility index (Phi) is 21.8. The number of nitrogens with zero attached hydrogens (tertiary/aromatic N) is 1. The van der Waals surface area contributed by atoms with Crippen molar-refractivity contribution < 1.29 is 32.5 Å². The van der Waals surface area contributed by atoms with Gasteiger partial charge in [0.25, 0.3) is 7.82 Å². The lowest BCUT2D eigenvalue weighted by Gasteiger charge is -2.28. The number of hydrogen-bond donors (Lipinski definition) is 0. The molecule has 0 aliphatic heterocycles. The smallest absolute Gasteiger partial charge is 0.268 e. The zero-order valence-electron chi connectivity index (χ0n) is 22.6. The van der Waals surface area contributed by atoms with Crippen molar-refractivity contribution in [3.63, 3.8) is 0 Å². The third-order valence-electron chi connectivity index (χ3n) is 5.53. The molecule has 0 radical (unpaired) electrons. The summed E-state index contributed by atoms with van der Waals surface area (Å²) in [6, 6.07) is 0. The van der Waals surface area contributed by atoms with Crippen LogP contribution < -0.4 is 4.89 Å². The van der Waals surface area contributed by atoms with Crippen molar-refractivity contribution in [3.8, 4) is 0 Å². The predicted molar refractivity (Wildman–Crippen MR) is 139 cm³/mol. The minimum Gasteiger partial charge on any atom is -0.756 e. The standard InChI is InChI=1S/C26H54NO6P/c1-6-8-10-12-13-14-15-16-17-18-21-30-24-26(31-22-19-11-9-7-2)25-33-34(28,29)32-23-20-27(3,4)5/h7,26H,2,6,8-25H2,1,3-5H3/t26-/m1/s1. The lowest BCUT2D eigenvalue weighted by molar-refractivity contribution is -0.870. The topological polar surface area (TPSA) is 77.1 Å². The molecule has 0 bridgehead atoms. The van der Waals surface area contributed by atoms with Gasteiger partial charge in [-0.3, -0.25) is 4.57 Å². The highest BCUT2D eigenvalue weighted by atomic mass is 31.2. The first-order valence-electron chi connectivity index (χ1n) is 13.4. The maximum absolute atomic E-state index is 12.1. The molecule has 0 heterocycles. The highest BCUT2D eigenvalue weighted by Crippen LogP contribution is 2.38. The van der Waals surface area contributed by atoms with Gasteiger partial charge in [0.05, 0.1) is 34.4 Å². The van der Waals surface area contributed by atoms with Crippen molar-refractivity contribution in [1.82, 2.24) is 0 Å². The second-order valence-electron chi connectivity index (χ2n) is 10.1. The van der Waals surface area contributed by atoms with E-state index in [1.807, 2.05) is 27.2 Å². The normalized spacial score (nSPS) is 14.7. The highest BCUT2D eigenvalue weighted by Gasteiger charge is 2.17. The van der Waals surface area contributed by atoms with Crippen LogP contribution in [0.5, 0.6) is 0 Å². The van der Waals surface area contributed by atoms with E-state index in [1.165, 1.54) is 51.4 Å². The molecule has 0 amide bonds. The fourth-order valence-electron chi connectivity index (χ4n) is 3.33. The molecule has 7 nitrogen and oxygen atoms in total. The number of phosphoric acid groups is 1. The predicted octanol–water partition coefficient (Wildman–Crippen LogP) is 5.87. The molecule has 0 fully saturated rings. The van der Waals surface area contributed by atoms with Crippen LogP contribution in [0, 0.1) is 0 Å². The summed E-state index contributed by atoms with van der Waals surface area (Å²) in [5, 5.41) is 0. The number of hydrogen-bond acceptors (Lipinski definition) is 6. The molecule has 0 saturated carbocycles. The molecular weight excluding hydrogens is 453 g/mol. The van der Waals surface area contributed by atoms with E-state index in [1.54, 1.807) is 0 Å². The zero-order chi connectivity index (χ0) is 25.5. The number of phosphoric ester groups is 1. The molecule has 0 N–H and O–H groups in total. The summed E-state index contributed by atoms with van der Waals surface area (Å²) in [6.45, 7) is 8.05. The summed E-state index contributed by atoms with van der Waals surface area (Å²) in [7, 11) is 1.56. The molecule has 0 rings (SSSR count). The molecule has 1 unspecified atom stereocenters. The molecule has 0 aromatic heterocycles. The van der Waals surface area contributed by atoms with Gasteiger partial charge in [-0.05, 0) is 25.7 Å². The van der Waals surface area contributed by atoms with Crippen molar-refractivity contribution in [1.29, 1.82) is 0 Å². The fourth-order valence-corrected chi connectivity index (χ4v) is 4.06. The van der Waals surface area contributed by atoms with Crippen LogP contribution in [-0.2, 0) is 23.1 Å². The third-order valence-corrected chi connectivity index (χ3v) is 6.50. The Labute approximate surface area is 210 Å². The molecule has 0 aromatic carbocycles. The van der Waals surface area contributed by atoms with Crippen molar-refractivity contribution in [3.05, 3.63) is 12.7 Å². The van der Waals surface area contributed by atoms with Crippen molar-refractivity contribution in [2.75, 3.05) is 60.7 Å². The summed E-state index contributed by atoms with van der Waals surface area (Å²) < 4.78 is 34.4. The first-order valence-corrected chi connectivity index (χ1v) is 14.9. The monoisotopic (exact) mass is 507 g/mol. The van der Waals surface area contributed by atoms with E-state index < -0.39 is 13.9 Å². The fraction of sp³-hybridized carbons (Fsp3) is 0.923. The Morgan fingerprint density at radius 2 is 1.41 bits per heavy atom. The summed E-state index contributed by atoms with van der Waals surface area (Å²) in [6.07, 6.45) is 17.1. The van der Waals surface area contributed by atoms with Gasteiger partial charge in [-0.15, -0.1) is 6.58 Å². The Bertz CT molecular complexity index is 512. The van der Waals surface area contributed by atoms with Crippen LogP contribution in [0.4, 0.5) is 0 Å². The van der Waals surface area contributed by atoms with E-state index in [0.717, 1.165) is 32.1 Å². The summed E-state index contributed by atoms with van der Waals surface area (Å²) >= 11 is 0. The highest BCUT2D eigenvalue weighted by molar-refractivity contribution is 7.45. The van der Waals surface area contributed by atoms with Crippen molar-refractivity contribution in [2.24, 2.45) is 0 Å². The van der Waals surface area contributed by atoms with E-state index in [-0.39, 0.29) is 13.2 Å². The van der Waals surface area contributed by atoms with Crippen molar-refractivity contribution >= 4 is 7.82 Å². The lowest BCUT2D eigenvalue weighted by atomic mass is 10.1. The Balaban J connectivity index is 4.10. The number of rotatable bonds is 26. The lowest BCUT2D eigenvalue weighted by Crippen LogP contribution is -2.37. The van der Waals surface area contributed by atoms with Gasteiger partial charge in [-0.2, -0.15) is 0 Å². The first kappa shape index (κ1) is 33.7. The molecule has 204 valence electrons. The van der Waals surface area contributed by atoms with Gasteiger partial charge >= 0.3 is 0 Å². The molecule has 0 saturated heterocycles. The van der Waals surface area contributed by atoms with Gasteiger partial charge in [0, 0.05) is 13.2 Å². The van der Waals surface area contributed by atoms with E-state index in [4.69, 9.17) is 18.5 Å². The molecule has 8 heteroatoms. The summed E-state index contributed by atoms with van der Waals surface area (Å²) in [5.41, 5.74) is 0. The van der Waals surface area contributed by atoms with Gasteiger partial charge in [0.1, 0.15) is 19.3 Å².